The third-order valence-electron chi connectivity index (χ3n) is 6.47. The lowest BCUT2D eigenvalue weighted by Gasteiger charge is -2.50. The molecule has 3 aromatic carbocycles. The summed E-state index contributed by atoms with van der Waals surface area (Å²) in [5.74, 6) is 1.64. The summed E-state index contributed by atoms with van der Waals surface area (Å²) in [6.45, 7) is 1.89. The first-order valence-corrected chi connectivity index (χ1v) is 11.5. The van der Waals surface area contributed by atoms with Crippen LogP contribution in [0, 0.1) is 0 Å². The number of nitrogens with zero attached hydrogens (tertiary/aromatic N) is 1. The summed E-state index contributed by atoms with van der Waals surface area (Å²) in [5, 5.41) is 5.93. The van der Waals surface area contributed by atoms with Crippen LogP contribution in [0.2, 0.25) is 0 Å². The average molecular weight is 490 g/mol. The van der Waals surface area contributed by atoms with Crippen molar-refractivity contribution in [2.24, 2.45) is 0 Å². The van der Waals surface area contributed by atoms with E-state index in [0.717, 1.165) is 11.3 Å². The second-order valence-corrected chi connectivity index (χ2v) is 8.77. The molecule has 0 spiro atoms. The molecule has 2 aliphatic heterocycles. The summed E-state index contributed by atoms with van der Waals surface area (Å²) in [6, 6.07) is 17.4. The van der Waals surface area contributed by atoms with E-state index < -0.39 is 5.72 Å². The minimum absolute atomic E-state index is 0.143. The summed E-state index contributed by atoms with van der Waals surface area (Å²) in [7, 11) is 4.53. The second kappa shape index (κ2) is 8.99. The van der Waals surface area contributed by atoms with E-state index in [9.17, 15) is 9.59 Å². The van der Waals surface area contributed by atoms with Crippen LogP contribution in [0.5, 0.6) is 23.0 Å². The fourth-order valence-corrected chi connectivity index (χ4v) is 4.86. The molecule has 1 saturated heterocycles. The number of amides is 3. The smallest absolute Gasteiger partial charge is 0.325 e. The number of anilines is 2. The average Bonchev–Trinajstić information content (AvgIpc) is 2.87. The van der Waals surface area contributed by atoms with Gasteiger partial charge in [0.15, 0.2) is 17.2 Å². The van der Waals surface area contributed by atoms with E-state index in [2.05, 4.69) is 10.6 Å². The molecule has 1 fully saturated rings. The van der Waals surface area contributed by atoms with Gasteiger partial charge in [-0.2, -0.15) is 0 Å². The highest BCUT2D eigenvalue weighted by molar-refractivity contribution is 6.06. The minimum Gasteiger partial charge on any atom is -0.493 e. The molecule has 9 nitrogen and oxygen atoms in total. The van der Waals surface area contributed by atoms with Crippen LogP contribution in [0.3, 0.4) is 0 Å². The van der Waals surface area contributed by atoms with E-state index in [4.69, 9.17) is 18.9 Å². The van der Waals surface area contributed by atoms with Crippen molar-refractivity contribution in [1.82, 2.24) is 5.32 Å². The SMILES string of the molecule is COc1cc(NC(=O)c2cccc(N3C(=O)NC4CC3(C)Oc3ccccc34)c2)cc(OC)c1OC. The number of hydrogen-bond donors (Lipinski definition) is 2. The Hall–Kier alpha value is -4.40. The summed E-state index contributed by atoms with van der Waals surface area (Å²) in [5.41, 5.74) is 1.44. The molecular formula is C27H27N3O6. The summed E-state index contributed by atoms with van der Waals surface area (Å²) < 4.78 is 22.4. The highest BCUT2D eigenvalue weighted by Crippen LogP contribution is 2.45. The van der Waals surface area contributed by atoms with Crippen LogP contribution in [0.25, 0.3) is 0 Å². The molecule has 5 rings (SSSR count). The van der Waals surface area contributed by atoms with Gasteiger partial charge in [0.05, 0.1) is 33.1 Å². The van der Waals surface area contributed by atoms with E-state index in [1.807, 2.05) is 31.2 Å². The summed E-state index contributed by atoms with van der Waals surface area (Å²) in [6.07, 6.45) is 0.567. The van der Waals surface area contributed by atoms with E-state index in [1.54, 1.807) is 41.3 Å². The number of para-hydroxylation sites is 1. The van der Waals surface area contributed by atoms with E-state index in [-0.39, 0.29) is 18.0 Å². The highest BCUT2D eigenvalue weighted by Gasteiger charge is 2.49. The zero-order valence-corrected chi connectivity index (χ0v) is 20.5. The van der Waals surface area contributed by atoms with Gasteiger partial charge < -0.3 is 29.6 Å². The molecule has 36 heavy (non-hydrogen) atoms. The number of benzene rings is 3. The van der Waals surface area contributed by atoms with Gasteiger partial charge in [-0.05, 0) is 31.2 Å². The Bertz CT molecular complexity index is 1320. The number of ether oxygens (including phenoxy) is 4. The van der Waals surface area contributed by atoms with Crippen molar-refractivity contribution in [2.75, 3.05) is 31.5 Å². The van der Waals surface area contributed by atoms with E-state index >= 15 is 0 Å². The van der Waals surface area contributed by atoms with Crippen molar-refractivity contribution in [3.05, 3.63) is 71.8 Å². The molecule has 0 radical (unpaired) electrons. The molecule has 9 heteroatoms. The Morgan fingerprint density at radius 1 is 1.03 bits per heavy atom. The van der Waals surface area contributed by atoms with Crippen LogP contribution < -0.4 is 34.5 Å². The molecule has 2 atom stereocenters. The standard InChI is InChI=1S/C27H27N3O6/c1-27-15-20(19-10-5-6-11-21(19)36-27)29-26(32)30(27)18-9-7-8-16(12-18)25(31)28-17-13-22(33-2)24(35-4)23(14-17)34-3/h5-14,20H,15H2,1-4H3,(H,28,31)(H,29,32). The molecule has 2 aliphatic rings. The van der Waals surface area contributed by atoms with Crippen LogP contribution in [-0.2, 0) is 0 Å². The lowest BCUT2D eigenvalue weighted by molar-refractivity contribution is 0.0378. The highest BCUT2D eigenvalue weighted by atomic mass is 16.5. The van der Waals surface area contributed by atoms with Crippen molar-refractivity contribution in [1.29, 1.82) is 0 Å². The first-order chi connectivity index (χ1) is 17.4. The molecule has 0 saturated carbocycles. The number of rotatable bonds is 6. The van der Waals surface area contributed by atoms with Crippen molar-refractivity contribution >= 4 is 23.3 Å². The Morgan fingerprint density at radius 2 is 1.75 bits per heavy atom. The molecular weight excluding hydrogens is 462 g/mol. The van der Waals surface area contributed by atoms with Crippen LogP contribution >= 0.6 is 0 Å². The zero-order valence-electron chi connectivity index (χ0n) is 20.5. The number of nitrogens with one attached hydrogen (secondary N) is 2. The Kier molecular flexibility index (Phi) is 5.83. The normalized spacial score (nSPS) is 19.9. The number of fused-ring (bicyclic) bond motifs is 4. The monoisotopic (exact) mass is 489 g/mol. The zero-order chi connectivity index (χ0) is 25.4. The van der Waals surface area contributed by atoms with Gasteiger partial charge in [0.25, 0.3) is 5.91 Å². The molecule has 2 unspecified atom stereocenters. The van der Waals surface area contributed by atoms with E-state index in [0.29, 0.717) is 40.6 Å². The quantitative estimate of drug-likeness (QED) is 0.519. The summed E-state index contributed by atoms with van der Waals surface area (Å²) >= 11 is 0. The first-order valence-electron chi connectivity index (χ1n) is 11.5. The van der Waals surface area contributed by atoms with Gasteiger partial charge in [-0.3, -0.25) is 9.69 Å². The number of methoxy groups -OCH3 is 3. The van der Waals surface area contributed by atoms with Crippen molar-refractivity contribution < 1.29 is 28.5 Å². The van der Waals surface area contributed by atoms with Gasteiger partial charge in [0.1, 0.15) is 5.75 Å². The van der Waals surface area contributed by atoms with E-state index in [1.165, 1.54) is 21.3 Å². The van der Waals surface area contributed by atoms with Gasteiger partial charge in [0.2, 0.25) is 5.75 Å². The topological polar surface area (TPSA) is 98.4 Å². The van der Waals surface area contributed by atoms with Crippen LogP contribution in [0.1, 0.15) is 35.3 Å². The maximum Gasteiger partial charge on any atom is 0.325 e. The maximum atomic E-state index is 13.2. The fraction of sp³-hybridized carbons (Fsp3) is 0.259. The van der Waals surface area contributed by atoms with Crippen LogP contribution in [-0.4, -0.2) is 39.0 Å². The van der Waals surface area contributed by atoms with Gasteiger partial charge in [0, 0.05) is 35.4 Å². The maximum absolute atomic E-state index is 13.2. The molecule has 3 amide bonds. The third-order valence-corrected chi connectivity index (χ3v) is 6.47. The molecule has 0 aromatic heterocycles. The summed E-state index contributed by atoms with van der Waals surface area (Å²) in [4.78, 5) is 27.9. The van der Waals surface area contributed by atoms with Crippen molar-refractivity contribution in [3.63, 3.8) is 0 Å². The molecule has 2 heterocycles. The minimum atomic E-state index is -0.910. The van der Waals surface area contributed by atoms with Gasteiger partial charge in [-0.15, -0.1) is 0 Å². The van der Waals surface area contributed by atoms with Crippen molar-refractivity contribution in [3.8, 4) is 23.0 Å². The number of carbonyl (C=O) groups is 2. The third kappa shape index (κ3) is 3.92. The van der Waals surface area contributed by atoms with Crippen LogP contribution in [0.4, 0.5) is 16.2 Å². The Labute approximate surface area is 208 Å². The van der Waals surface area contributed by atoms with Gasteiger partial charge in [-0.25, -0.2) is 4.79 Å². The van der Waals surface area contributed by atoms with Gasteiger partial charge >= 0.3 is 6.03 Å². The number of urea groups is 1. The molecule has 186 valence electrons. The molecule has 2 N–H and O–H groups in total. The molecule has 3 aromatic rings. The molecule has 0 aliphatic carbocycles. The molecule has 2 bridgehead atoms. The number of carbonyl (C=O) groups excluding carboxylic acids is 2. The number of hydrogen-bond acceptors (Lipinski definition) is 6. The lowest BCUT2D eigenvalue weighted by Crippen LogP contribution is -2.65. The lowest BCUT2D eigenvalue weighted by atomic mass is 9.90. The van der Waals surface area contributed by atoms with Gasteiger partial charge in [-0.1, -0.05) is 24.3 Å². The van der Waals surface area contributed by atoms with Crippen molar-refractivity contribution in [2.45, 2.75) is 25.1 Å². The second-order valence-electron chi connectivity index (χ2n) is 8.77. The predicted octanol–water partition coefficient (Wildman–Crippen LogP) is 4.73. The first kappa shape index (κ1) is 23.3. The van der Waals surface area contributed by atoms with Crippen LogP contribution in [0.15, 0.2) is 60.7 Å². The Morgan fingerprint density at radius 3 is 2.44 bits per heavy atom. The fourth-order valence-electron chi connectivity index (χ4n) is 4.86. The largest absolute Gasteiger partial charge is 0.493 e. The predicted molar refractivity (Wildman–Crippen MR) is 134 cm³/mol. The Balaban J connectivity index is 1.43.